The van der Waals surface area contributed by atoms with Crippen LogP contribution >= 0.6 is 0 Å². The fourth-order valence-corrected chi connectivity index (χ4v) is 3.51. The van der Waals surface area contributed by atoms with Gasteiger partial charge in [-0.1, -0.05) is 0 Å². The Labute approximate surface area is 119 Å². The third-order valence-electron chi connectivity index (χ3n) is 3.00. The summed E-state index contributed by atoms with van der Waals surface area (Å²) in [5.74, 6) is -5.22. The zero-order chi connectivity index (χ0) is 15.6. The molecular weight excluding hydrogens is 309 g/mol. The van der Waals surface area contributed by atoms with Crippen LogP contribution in [0.15, 0.2) is 12.1 Å². The van der Waals surface area contributed by atoms with Gasteiger partial charge in [-0.3, -0.25) is 4.79 Å². The van der Waals surface area contributed by atoms with Crippen molar-refractivity contribution in [2.75, 3.05) is 23.4 Å². The van der Waals surface area contributed by atoms with Crippen molar-refractivity contribution in [2.45, 2.75) is 12.5 Å². The van der Waals surface area contributed by atoms with E-state index >= 15 is 0 Å². The van der Waals surface area contributed by atoms with Crippen molar-refractivity contribution in [3.05, 3.63) is 29.6 Å². The molecule has 0 radical (unpaired) electrons. The first-order valence-corrected chi connectivity index (χ1v) is 7.97. The van der Waals surface area contributed by atoms with E-state index in [9.17, 15) is 26.4 Å². The monoisotopic (exact) mass is 322 g/mol. The maximum atomic E-state index is 13.0. The number of halogens is 3. The van der Waals surface area contributed by atoms with E-state index in [0.29, 0.717) is 12.1 Å². The zero-order valence-corrected chi connectivity index (χ0v) is 11.6. The molecule has 0 bridgehead atoms. The third-order valence-corrected chi connectivity index (χ3v) is 4.74. The predicted molar refractivity (Wildman–Crippen MR) is 70.0 cm³/mol. The minimum atomic E-state index is -3.18. The third kappa shape index (κ3) is 4.18. The minimum absolute atomic E-state index is 0.0134. The lowest BCUT2D eigenvalue weighted by molar-refractivity contribution is -0.116. The van der Waals surface area contributed by atoms with Crippen LogP contribution in [0.4, 0.5) is 18.9 Å². The highest BCUT2D eigenvalue weighted by Crippen LogP contribution is 2.17. The number of carbonyl (C=O) groups is 1. The highest BCUT2D eigenvalue weighted by atomic mass is 32.2. The number of carbonyl (C=O) groups excluding carboxylic acids is 1. The Morgan fingerprint density at radius 2 is 1.90 bits per heavy atom. The van der Waals surface area contributed by atoms with Crippen molar-refractivity contribution in [1.82, 2.24) is 5.32 Å². The highest BCUT2D eigenvalue weighted by molar-refractivity contribution is 7.91. The van der Waals surface area contributed by atoms with Crippen LogP contribution in [0.1, 0.15) is 6.42 Å². The summed E-state index contributed by atoms with van der Waals surface area (Å²) in [5.41, 5.74) is -0.227. The van der Waals surface area contributed by atoms with Crippen molar-refractivity contribution in [2.24, 2.45) is 0 Å². The topological polar surface area (TPSA) is 75.3 Å². The van der Waals surface area contributed by atoms with Gasteiger partial charge in [-0.25, -0.2) is 21.6 Å². The van der Waals surface area contributed by atoms with Gasteiger partial charge in [0, 0.05) is 36.8 Å². The molecule has 0 spiro atoms. The predicted octanol–water partition coefficient (Wildman–Crippen LogP) is 0.819. The molecule has 1 aliphatic heterocycles. The Morgan fingerprint density at radius 1 is 1.29 bits per heavy atom. The SMILES string of the molecule is O=C(CC1CS(=O)(=O)CCN1)Nc1cc(F)c(F)c(F)c1. The average Bonchev–Trinajstić information content (AvgIpc) is 2.34. The fraction of sp³-hybridized carbons (Fsp3) is 0.417. The molecule has 2 rings (SSSR count). The number of nitrogens with one attached hydrogen (secondary N) is 2. The van der Waals surface area contributed by atoms with Crippen molar-refractivity contribution < 1.29 is 26.4 Å². The number of sulfone groups is 1. The van der Waals surface area contributed by atoms with Crippen LogP contribution < -0.4 is 10.6 Å². The first-order chi connectivity index (χ1) is 9.77. The van der Waals surface area contributed by atoms with Gasteiger partial charge in [-0.15, -0.1) is 0 Å². The largest absolute Gasteiger partial charge is 0.326 e. The number of benzene rings is 1. The van der Waals surface area contributed by atoms with E-state index in [1.807, 2.05) is 0 Å². The quantitative estimate of drug-likeness (QED) is 0.808. The van der Waals surface area contributed by atoms with E-state index in [1.54, 1.807) is 0 Å². The highest BCUT2D eigenvalue weighted by Gasteiger charge is 2.26. The Hall–Kier alpha value is -1.61. The lowest BCUT2D eigenvalue weighted by atomic mass is 10.2. The van der Waals surface area contributed by atoms with Gasteiger partial charge >= 0.3 is 0 Å². The molecule has 0 saturated carbocycles. The van der Waals surface area contributed by atoms with Crippen molar-refractivity contribution in [3.63, 3.8) is 0 Å². The first kappa shape index (κ1) is 15.8. The van der Waals surface area contributed by atoms with Crippen molar-refractivity contribution >= 4 is 21.4 Å². The summed E-state index contributed by atoms with van der Waals surface area (Å²) in [7, 11) is -3.18. The number of hydrogen-bond donors (Lipinski definition) is 2. The molecule has 116 valence electrons. The molecule has 1 aliphatic rings. The Kier molecular flexibility index (Phi) is 4.52. The first-order valence-electron chi connectivity index (χ1n) is 6.15. The van der Waals surface area contributed by atoms with E-state index in [0.717, 1.165) is 0 Å². The summed E-state index contributed by atoms with van der Waals surface area (Å²) in [6.07, 6.45) is -0.167. The van der Waals surface area contributed by atoms with Crippen LogP contribution in [0.5, 0.6) is 0 Å². The normalized spacial score (nSPS) is 21.0. The summed E-state index contributed by atoms with van der Waals surface area (Å²) in [6.45, 7) is 0.250. The van der Waals surface area contributed by atoms with Gasteiger partial charge in [0.05, 0.1) is 11.5 Å². The maximum absolute atomic E-state index is 13.0. The van der Waals surface area contributed by atoms with Gasteiger partial charge in [-0.2, -0.15) is 0 Å². The average molecular weight is 322 g/mol. The molecule has 21 heavy (non-hydrogen) atoms. The second kappa shape index (κ2) is 6.02. The van der Waals surface area contributed by atoms with Crippen LogP contribution in [-0.2, 0) is 14.6 Å². The summed E-state index contributed by atoms with van der Waals surface area (Å²) in [5, 5.41) is 5.08. The smallest absolute Gasteiger partial charge is 0.225 e. The Balaban J connectivity index is 1.99. The van der Waals surface area contributed by atoms with Crippen molar-refractivity contribution in [3.8, 4) is 0 Å². The van der Waals surface area contributed by atoms with Crippen LogP contribution in [0.2, 0.25) is 0 Å². The van der Waals surface area contributed by atoms with Crippen LogP contribution in [-0.4, -0.2) is 38.4 Å². The summed E-state index contributed by atoms with van der Waals surface area (Å²) in [4.78, 5) is 11.7. The van der Waals surface area contributed by atoms with E-state index in [2.05, 4.69) is 10.6 Å². The summed E-state index contributed by atoms with van der Waals surface area (Å²) >= 11 is 0. The van der Waals surface area contributed by atoms with E-state index in [-0.39, 0.29) is 30.2 Å². The standard InChI is InChI=1S/C12H13F3N2O3S/c13-9-3-7(4-10(14)12(9)15)17-11(18)5-8-6-21(19,20)2-1-16-8/h3-4,8,16H,1-2,5-6H2,(H,17,18). The zero-order valence-electron chi connectivity index (χ0n) is 10.8. The van der Waals surface area contributed by atoms with Gasteiger partial charge in [0.1, 0.15) is 0 Å². The molecule has 0 aromatic heterocycles. The molecule has 5 nitrogen and oxygen atoms in total. The number of rotatable bonds is 3. The molecule has 1 aromatic rings. The van der Waals surface area contributed by atoms with Crippen molar-refractivity contribution in [1.29, 1.82) is 0 Å². The molecule has 2 N–H and O–H groups in total. The van der Waals surface area contributed by atoms with Crippen LogP contribution in [0.25, 0.3) is 0 Å². The molecular formula is C12H13F3N2O3S. The van der Waals surface area contributed by atoms with Gasteiger partial charge in [0.2, 0.25) is 5.91 Å². The molecule has 0 aliphatic carbocycles. The molecule has 1 unspecified atom stereocenters. The minimum Gasteiger partial charge on any atom is -0.326 e. The lowest BCUT2D eigenvalue weighted by Crippen LogP contribution is -2.46. The number of anilines is 1. The Bertz CT molecular complexity index is 641. The van der Waals surface area contributed by atoms with Crippen LogP contribution in [0.3, 0.4) is 0 Å². The Morgan fingerprint density at radius 3 is 2.48 bits per heavy atom. The van der Waals surface area contributed by atoms with Gasteiger partial charge < -0.3 is 10.6 Å². The molecule has 1 heterocycles. The molecule has 1 saturated heterocycles. The molecule has 1 amide bonds. The fourth-order valence-electron chi connectivity index (χ4n) is 2.06. The van der Waals surface area contributed by atoms with Gasteiger partial charge in [0.25, 0.3) is 0 Å². The van der Waals surface area contributed by atoms with Gasteiger partial charge in [0.15, 0.2) is 27.3 Å². The molecule has 1 aromatic carbocycles. The van der Waals surface area contributed by atoms with E-state index in [1.165, 1.54) is 0 Å². The van der Waals surface area contributed by atoms with E-state index in [4.69, 9.17) is 0 Å². The summed E-state index contributed by atoms with van der Waals surface area (Å²) in [6, 6.07) is 0.752. The number of hydrogen-bond acceptors (Lipinski definition) is 4. The van der Waals surface area contributed by atoms with Gasteiger partial charge in [-0.05, 0) is 0 Å². The summed E-state index contributed by atoms with van der Waals surface area (Å²) < 4.78 is 61.6. The number of amides is 1. The second-order valence-electron chi connectivity index (χ2n) is 4.77. The maximum Gasteiger partial charge on any atom is 0.225 e. The van der Waals surface area contributed by atoms with Crippen LogP contribution in [0, 0.1) is 17.5 Å². The lowest BCUT2D eigenvalue weighted by Gasteiger charge is -2.23. The molecule has 1 fully saturated rings. The molecule has 1 atom stereocenters. The molecule has 9 heteroatoms. The van der Waals surface area contributed by atoms with E-state index < -0.39 is 39.2 Å². The second-order valence-corrected chi connectivity index (χ2v) is 7.00.